The van der Waals surface area contributed by atoms with Gasteiger partial charge in [0.15, 0.2) is 5.13 Å². The fourth-order valence-corrected chi connectivity index (χ4v) is 3.44. The maximum Gasteiger partial charge on any atom is 0.260 e. The van der Waals surface area contributed by atoms with Gasteiger partial charge in [-0.1, -0.05) is 37.6 Å². The van der Waals surface area contributed by atoms with E-state index in [4.69, 9.17) is 10.2 Å². The highest BCUT2D eigenvalue weighted by molar-refractivity contribution is 7.16. The molecule has 0 fully saturated rings. The number of aryl methyl sites for hydroxylation is 2. The Morgan fingerprint density at radius 1 is 1.32 bits per heavy atom. The van der Waals surface area contributed by atoms with Gasteiger partial charge in [-0.15, -0.1) is 11.3 Å². The molecule has 0 bridgehead atoms. The van der Waals surface area contributed by atoms with Crippen LogP contribution in [0.25, 0.3) is 11.3 Å². The third-order valence-electron chi connectivity index (χ3n) is 3.90. The second-order valence-corrected chi connectivity index (χ2v) is 7.03. The second kappa shape index (κ2) is 7.63. The Kier molecular flexibility index (Phi) is 5.31. The molecule has 0 aliphatic carbocycles. The summed E-state index contributed by atoms with van der Waals surface area (Å²) < 4.78 is 5.20. The largest absolute Gasteiger partial charge is 0.467 e. The minimum atomic E-state index is -0.248. The van der Waals surface area contributed by atoms with Crippen LogP contribution in [0.15, 0.2) is 41.0 Å². The number of hydrogen-bond donors (Lipinski definition) is 2. The molecule has 0 saturated carbocycles. The zero-order valence-electron chi connectivity index (χ0n) is 14.3. The summed E-state index contributed by atoms with van der Waals surface area (Å²) in [5.74, 6) is 0.329. The van der Waals surface area contributed by atoms with Crippen molar-refractivity contribution in [2.24, 2.45) is 5.73 Å². The van der Waals surface area contributed by atoms with Gasteiger partial charge in [0.2, 0.25) is 0 Å². The number of aromatic nitrogens is 1. The lowest BCUT2D eigenvalue weighted by Gasteiger charge is -2.02. The summed E-state index contributed by atoms with van der Waals surface area (Å²) in [6, 6.07) is 10.1. The Hall–Kier alpha value is -2.44. The number of thiazole rings is 1. The van der Waals surface area contributed by atoms with Gasteiger partial charge in [0.1, 0.15) is 12.0 Å². The molecule has 1 amide bonds. The van der Waals surface area contributed by atoms with Crippen molar-refractivity contribution in [1.82, 2.24) is 4.98 Å². The highest BCUT2D eigenvalue weighted by atomic mass is 32.1. The van der Waals surface area contributed by atoms with E-state index in [2.05, 4.69) is 41.5 Å². The highest BCUT2D eigenvalue weighted by Gasteiger charge is 2.15. The molecule has 0 radical (unpaired) electrons. The van der Waals surface area contributed by atoms with E-state index in [1.54, 1.807) is 6.07 Å². The van der Waals surface area contributed by atoms with Crippen LogP contribution in [0, 0.1) is 6.92 Å². The molecule has 0 aliphatic rings. The Bertz CT molecular complexity index is 865. The van der Waals surface area contributed by atoms with E-state index in [1.165, 1.54) is 23.2 Å². The number of nitrogens with zero attached hydrogens (tertiary/aromatic N) is 1. The van der Waals surface area contributed by atoms with Crippen LogP contribution >= 0.6 is 11.3 Å². The first-order valence-electron chi connectivity index (χ1n) is 8.26. The molecule has 0 unspecified atom stereocenters. The fourth-order valence-electron chi connectivity index (χ4n) is 2.61. The lowest BCUT2D eigenvalue weighted by molar-refractivity contribution is 0.102. The zero-order valence-corrected chi connectivity index (χ0v) is 15.2. The van der Waals surface area contributed by atoms with Crippen molar-refractivity contribution in [2.45, 2.75) is 33.2 Å². The van der Waals surface area contributed by atoms with Gasteiger partial charge < -0.3 is 10.2 Å². The van der Waals surface area contributed by atoms with Crippen molar-refractivity contribution in [2.75, 3.05) is 5.32 Å². The molecule has 3 rings (SSSR count). The summed E-state index contributed by atoms with van der Waals surface area (Å²) in [5, 5.41) is 3.40. The number of nitrogens with one attached hydrogen (secondary N) is 1. The third kappa shape index (κ3) is 3.97. The average molecular weight is 355 g/mol. The minimum absolute atomic E-state index is 0.248. The number of rotatable bonds is 6. The van der Waals surface area contributed by atoms with Crippen LogP contribution in [-0.2, 0) is 13.0 Å². The summed E-state index contributed by atoms with van der Waals surface area (Å²) in [6.45, 7) is 4.44. The molecule has 0 atom stereocenters. The lowest BCUT2D eigenvalue weighted by Crippen LogP contribution is -2.10. The molecule has 6 heteroatoms. The van der Waals surface area contributed by atoms with E-state index < -0.39 is 0 Å². The molecular weight excluding hydrogens is 334 g/mol. The van der Waals surface area contributed by atoms with Gasteiger partial charge in [-0.2, -0.15) is 0 Å². The van der Waals surface area contributed by atoms with E-state index in [0.29, 0.717) is 16.5 Å². The number of furan rings is 1. The molecule has 0 saturated heterocycles. The normalized spacial score (nSPS) is 10.8. The number of amides is 1. The minimum Gasteiger partial charge on any atom is -0.467 e. The second-order valence-electron chi connectivity index (χ2n) is 5.83. The fraction of sp³-hybridized carbons (Fsp3) is 0.263. The van der Waals surface area contributed by atoms with Crippen LogP contribution in [0.4, 0.5) is 5.13 Å². The molecule has 0 spiro atoms. The number of benzene rings is 1. The van der Waals surface area contributed by atoms with Crippen molar-refractivity contribution in [3.63, 3.8) is 0 Å². The Labute approximate surface area is 150 Å². The maximum absolute atomic E-state index is 12.3. The van der Waals surface area contributed by atoms with Crippen LogP contribution in [0.3, 0.4) is 0 Å². The standard InChI is InChI=1S/C19H21N3O2S/c1-3-4-13-5-7-14(8-6-13)17-12(2)25-19(21-17)22-18(23)15-9-16(10-20)24-11-15/h5-9,11H,3-4,10,20H2,1-2H3,(H,21,22,23). The van der Waals surface area contributed by atoms with Crippen molar-refractivity contribution in [3.8, 4) is 11.3 Å². The molecular formula is C19H21N3O2S. The van der Waals surface area contributed by atoms with Crippen molar-refractivity contribution < 1.29 is 9.21 Å². The molecule has 130 valence electrons. The van der Waals surface area contributed by atoms with Crippen LogP contribution < -0.4 is 11.1 Å². The van der Waals surface area contributed by atoms with E-state index in [9.17, 15) is 4.79 Å². The van der Waals surface area contributed by atoms with Gasteiger partial charge in [-0.05, 0) is 25.0 Å². The van der Waals surface area contributed by atoms with Gasteiger partial charge in [0.25, 0.3) is 5.91 Å². The number of anilines is 1. The van der Waals surface area contributed by atoms with Crippen LogP contribution in [-0.4, -0.2) is 10.9 Å². The quantitative estimate of drug-likeness (QED) is 0.688. The lowest BCUT2D eigenvalue weighted by atomic mass is 10.1. The van der Waals surface area contributed by atoms with E-state index in [-0.39, 0.29) is 12.5 Å². The third-order valence-corrected chi connectivity index (χ3v) is 4.79. The van der Waals surface area contributed by atoms with E-state index >= 15 is 0 Å². The number of nitrogens with two attached hydrogens (primary N) is 1. The smallest absolute Gasteiger partial charge is 0.260 e. The highest BCUT2D eigenvalue weighted by Crippen LogP contribution is 2.31. The zero-order chi connectivity index (χ0) is 17.8. The van der Waals surface area contributed by atoms with Gasteiger partial charge in [0, 0.05) is 10.4 Å². The maximum atomic E-state index is 12.3. The van der Waals surface area contributed by atoms with Crippen LogP contribution in [0.1, 0.15) is 39.9 Å². The number of carbonyl (C=O) groups excluding carboxylic acids is 1. The van der Waals surface area contributed by atoms with Gasteiger partial charge in [-0.25, -0.2) is 4.98 Å². The van der Waals surface area contributed by atoms with Gasteiger partial charge in [0.05, 0.1) is 17.8 Å². The van der Waals surface area contributed by atoms with Crippen LogP contribution in [0.2, 0.25) is 0 Å². The Morgan fingerprint density at radius 3 is 2.72 bits per heavy atom. The molecule has 25 heavy (non-hydrogen) atoms. The van der Waals surface area contributed by atoms with Crippen molar-refractivity contribution in [3.05, 3.63) is 58.4 Å². The first kappa shape index (κ1) is 17.4. The molecule has 1 aromatic carbocycles. The van der Waals surface area contributed by atoms with Gasteiger partial charge in [-0.3, -0.25) is 10.1 Å². The SMILES string of the molecule is CCCc1ccc(-c2nc(NC(=O)c3coc(CN)c3)sc2C)cc1. The van der Waals surface area contributed by atoms with E-state index in [0.717, 1.165) is 29.0 Å². The summed E-state index contributed by atoms with van der Waals surface area (Å²) >= 11 is 1.46. The summed E-state index contributed by atoms with van der Waals surface area (Å²) in [7, 11) is 0. The molecule has 5 nitrogen and oxygen atoms in total. The summed E-state index contributed by atoms with van der Waals surface area (Å²) in [4.78, 5) is 17.9. The van der Waals surface area contributed by atoms with Crippen molar-refractivity contribution >= 4 is 22.4 Å². The first-order chi connectivity index (χ1) is 12.1. The van der Waals surface area contributed by atoms with Crippen molar-refractivity contribution in [1.29, 1.82) is 0 Å². The molecule has 2 aromatic heterocycles. The molecule has 2 heterocycles. The molecule has 3 aromatic rings. The van der Waals surface area contributed by atoms with Gasteiger partial charge >= 0.3 is 0 Å². The number of hydrogen-bond acceptors (Lipinski definition) is 5. The number of carbonyl (C=O) groups is 1. The Morgan fingerprint density at radius 2 is 2.08 bits per heavy atom. The first-order valence-corrected chi connectivity index (χ1v) is 9.08. The predicted molar refractivity (Wildman–Crippen MR) is 101 cm³/mol. The topological polar surface area (TPSA) is 81.2 Å². The van der Waals surface area contributed by atoms with Crippen LogP contribution in [0.5, 0.6) is 0 Å². The summed E-state index contributed by atoms with van der Waals surface area (Å²) in [6.07, 6.45) is 3.61. The average Bonchev–Trinajstić information content (AvgIpc) is 3.22. The Balaban J connectivity index is 1.76. The monoisotopic (exact) mass is 355 g/mol. The van der Waals surface area contributed by atoms with E-state index in [1.807, 2.05) is 6.92 Å². The predicted octanol–water partition coefficient (Wildman–Crippen LogP) is 4.38. The summed E-state index contributed by atoms with van der Waals surface area (Å²) in [5.41, 5.74) is 9.22. The molecule has 0 aliphatic heterocycles. The molecule has 3 N–H and O–H groups in total.